The third-order valence-electron chi connectivity index (χ3n) is 6.80. The van der Waals surface area contributed by atoms with Crippen molar-refractivity contribution in [1.29, 1.82) is 0 Å². The van der Waals surface area contributed by atoms with Crippen LogP contribution in [0, 0.1) is 11.8 Å². The van der Waals surface area contributed by atoms with E-state index >= 15 is 0 Å². The molecule has 2 heterocycles. The van der Waals surface area contributed by atoms with E-state index in [2.05, 4.69) is 10.2 Å². The molecular formula is C26H34N2O6. The normalized spacial score (nSPS) is 22.4. The van der Waals surface area contributed by atoms with Crippen molar-refractivity contribution in [2.75, 3.05) is 46.6 Å². The maximum atomic E-state index is 12.8. The van der Waals surface area contributed by atoms with E-state index in [4.69, 9.17) is 18.9 Å². The third kappa shape index (κ3) is 5.39. The molecule has 184 valence electrons. The van der Waals surface area contributed by atoms with Gasteiger partial charge in [-0.05, 0) is 60.2 Å². The molecule has 4 atom stereocenters. The highest BCUT2D eigenvalue weighted by molar-refractivity contribution is 5.76. The van der Waals surface area contributed by atoms with Gasteiger partial charge in [0.2, 0.25) is 5.91 Å². The number of methoxy groups -OCH3 is 1. The predicted molar refractivity (Wildman–Crippen MR) is 128 cm³/mol. The first-order valence-electron chi connectivity index (χ1n) is 11.9. The van der Waals surface area contributed by atoms with Gasteiger partial charge in [0.05, 0.1) is 26.2 Å². The molecule has 3 unspecified atom stereocenters. The van der Waals surface area contributed by atoms with Crippen LogP contribution in [0.2, 0.25) is 0 Å². The van der Waals surface area contributed by atoms with Crippen molar-refractivity contribution < 1.29 is 30.3 Å². The quantitative estimate of drug-likeness (QED) is 0.552. The van der Waals surface area contributed by atoms with Gasteiger partial charge < -0.3 is 34.3 Å². The monoisotopic (exact) mass is 470 g/mol. The summed E-state index contributed by atoms with van der Waals surface area (Å²) in [5.74, 6) is 4.14. The number of hydrogen-bond acceptors (Lipinski definition) is 7. The van der Waals surface area contributed by atoms with Gasteiger partial charge in [-0.25, -0.2) is 0 Å². The van der Waals surface area contributed by atoms with Gasteiger partial charge in [0, 0.05) is 21.1 Å². The summed E-state index contributed by atoms with van der Waals surface area (Å²) in [7, 11) is 1.61. The van der Waals surface area contributed by atoms with Crippen LogP contribution in [-0.2, 0) is 4.79 Å². The highest BCUT2D eigenvalue weighted by atomic mass is 16.6. The zero-order valence-corrected chi connectivity index (χ0v) is 19.4. The van der Waals surface area contributed by atoms with E-state index in [1.165, 1.54) is 6.42 Å². The van der Waals surface area contributed by atoms with Crippen LogP contribution in [0.25, 0.3) is 0 Å². The number of aliphatic hydroxyl groups excluding tert-OH is 1. The number of carbonyl (C=O) groups is 1. The number of benzene rings is 2. The van der Waals surface area contributed by atoms with Crippen molar-refractivity contribution in [3.8, 4) is 23.0 Å². The Hall–Kier alpha value is -2.97. The first-order valence-corrected chi connectivity index (χ1v) is 11.9. The van der Waals surface area contributed by atoms with Gasteiger partial charge in [-0.1, -0.05) is 6.07 Å². The van der Waals surface area contributed by atoms with Crippen molar-refractivity contribution in [2.45, 2.75) is 25.0 Å². The predicted octanol–water partition coefficient (Wildman–Crippen LogP) is 2.65. The van der Waals surface area contributed by atoms with Crippen LogP contribution in [0.1, 0.15) is 25.9 Å². The van der Waals surface area contributed by atoms with Crippen molar-refractivity contribution in [1.82, 2.24) is 10.2 Å². The van der Waals surface area contributed by atoms with Crippen molar-refractivity contribution in [3.63, 3.8) is 0 Å². The van der Waals surface area contributed by atoms with E-state index in [9.17, 15) is 9.90 Å². The molecule has 5 rings (SSSR count). The number of fused-ring (bicyclic) bond motifs is 2. The van der Waals surface area contributed by atoms with Crippen LogP contribution in [-0.4, -0.2) is 68.5 Å². The molecule has 2 aromatic carbocycles. The molecule has 0 bridgehead atoms. The molecule has 2 aromatic rings. The number of carbonyl (C=O) groups excluding carboxylic acids is 1. The number of rotatable bonds is 10. The third-order valence-corrected chi connectivity index (χ3v) is 6.80. The molecule has 1 aliphatic carbocycles. The molecule has 0 aromatic heterocycles. The lowest BCUT2D eigenvalue weighted by Gasteiger charge is -2.30. The second-order valence-electron chi connectivity index (χ2n) is 9.27. The molecule has 0 spiro atoms. The Morgan fingerprint density at radius 3 is 2.56 bits per heavy atom. The Morgan fingerprint density at radius 1 is 1.12 bits per heavy atom. The summed E-state index contributed by atoms with van der Waals surface area (Å²) >= 11 is 0. The lowest BCUT2D eigenvalue weighted by atomic mass is 10.0. The fraction of sp³-hybridized carbons (Fsp3) is 0.500. The molecule has 2 N–H and O–H groups in total. The number of amides is 1. The molecule has 0 radical (unpaired) electrons. The van der Waals surface area contributed by atoms with Crippen LogP contribution in [0.4, 0.5) is 0 Å². The van der Waals surface area contributed by atoms with Crippen LogP contribution in [0.5, 0.6) is 23.0 Å². The van der Waals surface area contributed by atoms with E-state index in [0.717, 1.165) is 30.7 Å². The van der Waals surface area contributed by atoms with Gasteiger partial charge in [-0.3, -0.25) is 4.79 Å². The first kappa shape index (κ1) is 22.8. The van der Waals surface area contributed by atoms with Gasteiger partial charge in [0.1, 0.15) is 30.8 Å². The molecule has 1 saturated heterocycles. The van der Waals surface area contributed by atoms with Crippen LogP contribution in [0.15, 0.2) is 42.5 Å². The van der Waals surface area contributed by atoms with E-state index < -0.39 is 12.1 Å². The fourth-order valence-electron chi connectivity index (χ4n) is 4.84. The summed E-state index contributed by atoms with van der Waals surface area (Å²) in [6.45, 7) is 3.92. The zero-order valence-electron chi connectivity index (χ0n) is 19.4. The summed E-state index contributed by atoms with van der Waals surface area (Å²) in [6, 6.07) is 12.3. The van der Waals surface area contributed by atoms with Gasteiger partial charge in [-0.15, -0.1) is 0 Å². The number of nitrogens with zero attached hydrogens (tertiary/aromatic N) is 1. The number of likely N-dealkylation sites (tertiary alicyclic amines) is 1. The second kappa shape index (κ2) is 10.1. The van der Waals surface area contributed by atoms with Gasteiger partial charge >= 0.3 is 0 Å². The molecule has 2 aliphatic heterocycles. The highest BCUT2D eigenvalue weighted by Gasteiger charge is 2.45. The highest BCUT2D eigenvalue weighted by Crippen LogP contribution is 2.45. The Labute approximate surface area is 201 Å². The smallest absolute Gasteiger partial charge is 0.223 e. The van der Waals surface area contributed by atoms with Crippen molar-refractivity contribution >= 4 is 5.91 Å². The molecule has 3 aliphatic rings. The average molecular weight is 471 g/mol. The summed E-state index contributed by atoms with van der Waals surface area (Å²) in [6.07, 6.45) is 0.641. The van der Waals surface area contributed by atoms with Crippen LogP contribution < -0.4 is 24.3 Å². The average Bonchev–Trinajstić information content (AvgIpc) is 3.48. The van der Waals surface area contributed by atoms with Crippen molar-refractivity contribution in [3.05, 3.63) is 48.0 Å². The van der Waals surface area contributed by atoms with E-state index in [0.29, 0.717) is 42.6 Å². The lowest BCUT2D eigenvalue weighted by molar-refractivity contribution is -0.123. The number of nitrogens with one attached hydrogen (secondary N) is 1. The van der Waals surface area contributed by atoms with E-state index in [1.807, 2.05) is 42.5 Å². The lowest BCUT2D eigenvalue weighted by Crippen LogP contribution is -2.47. The second-order valence-corrected chi connectivity index (χ2v) is 9.27. The van der Waals surface area contributed by atoms with Gasteiger partial charge in [0.15, 0.2) is 11.5 Å². The summed E-state index contributed by atoms with van der Waals surface area (Å²) in [5.41, 5.74) is 0.702. The Morgan fingerprint density at radius 2 is 1.82 bits per heavy atom. The number of hydrogen-bond donors (Lipinski definition) is 2. The molecule has 1 saturated carbocycles. The number of ether oxygens (including phenoxy) is 4. The number of piperidine rings is 1. The largest absolute Gasteiger partial charge is 0.497 e. The Balaban J connectivity index is 0.00000289. The SMILES string of the molecule is COc1ccc(OCCC(=O)NC(CN2CC3CC3C2)[C@H](O)c2ccc3c(c2)OCCO3)cc1.[HH]. The van der Waals surface area contributed by atoms with E-state index in [-0.39, 0.29) is 20.4 Å². The molecular weight excluding hydrogens is 436 g/mol. The topological polar surface area (TPSA) is 89.5 Å². The van der Waals surface area contributed by atoms with Crippen molar-refractivity contribution in [2.24, 2.45) is 11.8 Å². The number of aliphatic hydroxyl groups is 1. The fourth-order valence-corrected chi connectivity index (χ4v) is 4.84. The first-order chi connectivity index (χ1) is 16.6. The molecule has 8 heteroatoms. The maximum Gasteiger partial charge on any atom is 0.223 e. The van der Waals surface area contributed by atoms with Gasteiger partial charge in [0.25, 0.3) is 0 Å². The minimum atomic E-state index is -0.862. The molecule has 34 heavy (non-hydrogen) atoms. The minimum absolute atomic E-state index is 0. The standard InChI is InChI=1S/C26H32N2O6.H2/c1-31-20-3-5-21(6-4-20)32-9-8-25(29)27-22(16-28-14-18-12-19(18)15-28)26(30)17-2-7-23-24(13-17)34-11-10-33-23;/h2-7,13,18-19,22,26,30H,8-12,14-16H2,1H3,(H,27,29);1H/t18?,19?,22?,26-;/m1./s1. The zero-order chi connectivity index (χ0) is 23.5. The summed E-state index contributed by atoms with van der Waals surface area (Å²) in [4.78, 5) is 15.1. The van der Waals surface area contributed by atoms with Gasteiger partial charge in [-0.2, -0.15) is 0 Å². The van der Waals surface area contributed by atoms with E-state index in [1.54, 1.807) is 7.11 Å². The van der Waals surface area contributed by atoms with Crippen LogP contribution in [0.3, 0.4) is 0 Å². The molecule has 1 amide bonds. The maximum absolute atomic E-state index is 12.8. The Kier molecular flexibility index (Phi) is 6.78. The molecule has 8 nitrogen and oxygen atoms in total. The summed E-state index contributed by atoms with van der Waals surface area (Å²) < 4.78 is 22.1. The molecule has 2 fully saturated rings. The minimum Gasteiger partial charge on any atom is -0.497 e. The van der Waals surface area contributed by atoms with Crippen LogP contribution >= 0.6 is 0 Å². The summed E-state index contributed by atoms with van der Waals surface area (Å²) in [5, 5.41) is 14.3. The Bertz CT molecular complexity index is 994.